The van der Waals surface area contributed by atoms with Gasteiger partial charge in [0.05, 0.1) is 22.2 Å². The van der Waals surface area contributed by atoms with Crippen LogP contribution in [0.1, 0.15) is 18.9 Å². The Labute approximate surface area is 171 Å². The number of benzene rings is 2. The van der Waals surface area contributed by atoms with Gasteiger partial charge in [-0.3, -0.25) is 9.69 Å². The fraction of sp³-hybridized carbons (Fsp3) is 0.158. The molecule has 1 amide bonds. The Kier molecular flexibility index (Phi) is 6.24. The molecule has 1 aliphatic heterocycles. The molecule has 2 aromatic rings. The van der Waals surface area contributed by atoms with Gasteiger partial charge in [0.25, 0.3) is 5.91 Å². The highest BCUT2D eigenvalue weighted by atomic mass is 35.5. The Hall–Kier alpha value is -1.53. The molecule has 2 aromatic carbocycles. The van der Waals surface area contributed by atoms with Gasteiger partial charge in [-0.05, 0) is 36.8 Å². The number of carbonyl (C=O) groups excluding carboxylic acids is 1. The van der Waals surface area contributed by atoms with Crippen LogP contribution in [0.4, 0.5) is 5.69 Å². The van der Waals surface area contributed by atoms with Crippen LogP contribution < -0.4 is 9.64 Å². The van der Waals surface area contributed by atoms with Gasteiger partial charge in [0.1, 0.15) is 5.75 Å². The van der Waals surface area contributed by atoms with E-state index in [0.29, 0.717) is 31.6 Å². The molecule has 1 aliphatic rings. The summed E-state index contributed by atoms with van der Waals surface area (Å²) >= 11 is 18.8. The molecule has 134 valence electrons. The Morgan fingerprint density at radius 1 is 1.23 bits per heavy atom. The molecule has 0 radical (unpaired) electrons. The average Bonchev–Trinajstić information content (AvgIpc) is 2.88. The van der Waals surface area contributed by atoms with Gasteiger partial charge in [-0.2, -0.15) is 0 Å². The maximum Gasteiger partial charge on any atom is 0.270 e. The zero-order valence-corrected chi connectivity index (χ0v) is 17.0. The number of thioether (sulfide) groups is 1. The number of amides is 1. The van der Waals surface area contributed by atoms with Crippen LogP contribution in [0.15, 0.2) is 47.4 Å². The molecule has 0 N–H and O–H groups in total. The highest BCUT2D eigenvalue weighted by Gasteiger charge is 2.34. The van der Waals surface area contributed by atoms with Crippen molar-refractivity contribution in [3.8, 4) is 5.75 Å². The van der Waals surface area contributed by atoms with Crippen molar-refractivity contribution in [3.05, 3.63) is 63.0 Å². The number of nitrogens with zero attached hydrogens (tertiary/aromatic N) is 1. The summed E-state index contributed by atoms with van der Waals surface area (Å²) in [5.41, 5.74) is 1.36. The number of hydrogen-bond acceptors (Lipinski definition) is 4. The normalized spacial score (nSPS) is 15.8. The molecule has 0 unspecified atom stereocenters. The Morgan fingerprint density at radius 2 is 2.00 bits per heavy atom. The lowest BCUT2D eigenvalue weighted by Crippen LogP contribution is -2.27. The van der Waals surface area contributed by atoms with Crippen LogP contribution in [0.2, 0.25) is 10.0 Å². The van der Waals surface area contributed by atoms with Crippen molar-refractivity contribution in [3.63, 3.8) is 0 Å². The predicted molar refractivity (Wildman–Crippen MR) is 114 cm³/mol. The van der Waals surface area contributed by atoms with Gasteiger partial charge < -0.3 is 4.74 Å². The number of ether oxygens (including phenoxy) is 1. The third-order valence-electron chi connectivity index (χ3n) is 3.61. The molecule has 0 aromatic heterocycles. The highest BCUT2D eigenvalue weighted by molar-refractivity contribution is 8.27. The van der Waals surface area contributed by atoms with Crippen molar-refractivity contribution in [2.45, 2.75) is 13.3 Å². The molecular formula is C19H15Cl2NO2S2. The molecule has 7 heteroatoms. The van der Waals surface area contributed by atoms with E-state index in [4.69, 9.17) is 40.2 Å². The smallest absolute Gasteiger partial charge is 0.270 e. The van der Waals surface area contributed by atoms with E-state index in [0.717, 1.165) is 17.7 Å². The fourth-order valence-electron chi connectivity index (χ4n) is 2.42. The molecule has 1 saturated heterocycles. The summed E-state index contributed by atoms with van der Waals surface area (Å²) in [6.07, 6.45) is 2.71. The summed E-state index contributed by atoms with van der Waals surface area (Å²) in [5, 5.41) is 0.878. The first-order valence-corrected chi connectivity index (χ1v) is 9.94. The first-order chi connectivity index (χ1) is 12.5. The first kappa shape index (κ1) is 19.2. The number of carbonyl (C=O) groups is 1. The number of para-hydroxylation sites is 1. The zero-order chi connectivity index (χ0) is 18.7. The zero-order valence-electron chi connectivity index (χ0n) is 13.9. The van der Waals surface area contributed by atoms with Gasteiger partial charge in [-0.1, -0.05) is 72.3 Å². The summed E-state index contributed by atoms with van der Waals surface area (Å²) in [6.45, 7) is 2.66. The minimum Gasteiger partial charge on any atom is -0.493 e. The SMILES string of the molecule is CCCOc1ccccc1/C=C1\SC(=S)N(c2ccc(Cl)cc2Cl)C1=O. The number of rotatable bonds is 5. The number of anilines is 1. The molecule has 0 aliphatic carbocycles. The van der Waals surface area contributed by atoms with Crippen LogP contribution in [0.25, 0.3) is 6.08 Å². The van der Waals surface area contributed by atoms with E-state index in [9.17, 15) is 4.79 Å². The molecule has 3 nitrogen and oxygen atoms in total. The lowest BCUT2D eigenvalue weighted by molar-refractivity contribution is -0.113. The molecule has 1 heterocycles. The second-order valence-electron chi connectivity index (χ2n) is 5.50. The maximum atomic E-state index is 12.9. The third-order valence-corrected chi connectivity index (χ3v) is 5.45. The van der Waals surface area contributed by atoms with Gasteiger partial charge in [0.15, 0.2) is 4.32 Å². The standard InChI is InChI=1S/C19H15Cl2NO2S2/c1-2-9-24-16-6-4-3-5-12(16)10-17-18(23)22(19(25)26-17)15-8-7-13(20)11-14(15)21/h3-8,10-11H,2,9H2,1H3/b17-10-. The predicted octanol–water partition coefficient (Wildman–Crippen LogP) is 6.19. The van der Waals surface area contributed by atoms with E-state index in [1.807, 2.05) is 31.2 Å². The molecule has 3 rings (SSSR count). The van der Waals surface area contributed by atoms with E-state index in [2.05, 4.69) is 0 Å². The summed E-state index contributed by atoms with van der Waals surface area (Å²) in [4.78, 5) is 14.9. The third kappa shape index (κ3) is 4.07. The second-order valence-corrected chi connectivity index (χ2v) is 8.02. The monoisotopic (exact) mass is 423 g/mol. The average molecular weight is 424 g/mol. The summed E-state index contributed by atoms with van der Waals surface area (Å²) in [7, 11) is 0. The van der Waals surface area contributed by atoms with Crippen molar-refractivity contribution in [1.82, 2.24) is 0 Å². The van der Waals surface area contributed by atoms with Crippen LogP contribution in [-0.2, 0) is 4.79 Å². The Morgan fingerprint density at radius 3 is 2.73 bits per heavy atom. The summed E-state index contributed by atoms with van der Waals surface area (Å²) < 4.78 is 6.18. The molecular weight excluding hydrogens is 409 g/mol. The van der Waals surface area contributed by atoms with Crippen LogP contribution in [0, 0.1) is 0 Å². The Balaban J connectivity index is 1.93. The van der Waals surface area contributed by atoms with E-state index < -0.39 is 0 Å². The van der Waals surface area contributed by atoms with Crippen molar-refractivity contribution in [2.75, 3.05) is 11.5 Å². The van der Waals surface area contributed by atoms with Crippen molar-refractivity contribution in [2.24, 2.45) is 0 Å². The summed E-state index contributed by atoms with van der Waals surface area (Å²) in [5.74, 6) is 0.527. The van der Waals surface area contributed by atoms with Gasteiger partial charge in [0.2, 0.25) is 0 Å². The largest absolute Gasteiger partial charge is 0.493 e. The lowest BCUT2D eigenvalue weighted by Gasteiger charge is -2.16. The highest BCUT2D eigenvalue weighted by Crippen LogP contribution is 2.40. The van der Waals surface area contributed by atoms with Crippen LogP contribution >= 0.6 is 47.2 Å². The quantitative estimate of drug-likeness (QED) is 0.423. The molecule has 0 spiro atoms. The fourth-order valence-corrected chi connectivity index (χ4v) is 4.19. The first-order valence-electron chi connectivity index (χ1n) is 7.96. The Bertz CT molecular complexity index is 899. The number of hydrogen-bond donors (Lipinski definition) is 0. The molecule has 0 atom stereocenters. The van der Waals surface area contributed by atoms with E-state index in [-0.39, 0.29) is 5.91 Å². The van der Waals surface area contributed by atoms with E-state index in [1.165, 1.54) is 16.7 Å². The van der Waals surface area contributed by atoms with Gasteiger partial charge in [-0.25, -0.2) is 0 Å². The van der Waals surface area contributed by atoms with Gasteiger partial charge in [-0.15, -0.1) is 0 Å². The molecule has 0 bridgehead atoms. The van der Waals surface area contributed by atoms with Crippen LogP contribution in [0.5, 0.6) is 5.75 Å². The van der Waals surface area contributed by atoms with Gasteiger partial charge >= 0.3 is 0 Å². The van der Waals surface area contributed by atoms with E-state index in [1.54, 1.807) is 24.3 Å². The minimum atomic E-state index is -0.213. The molecule has 0 saturated carbocycles. The maximum absolute atomic E-state index is 12.9. The number of halogens is 2. The van der Waals surface area contributed by atoms with Crippen LogP contribution in [-0.4, -0.2) is 16.8 Å². The summed E-state index contributed by atoms with van der Waals surface area (Å²) in [6, 6.07) is 12.6. The lowest BCUT2D eigenvalue weighted by atomic mass is 10.2. The van der Waals surface area contributed by atoms with Crippen molar-refractivity contribution in [1.29, 1.82) is 0 Å². The van der Waals surface area contributed by atoms with Crippen molar-refractivity contribution < 1.29 is 9.53 Å². The molecule has 1 fully saturated rings. The van der Waals surface area contributed by atoms with Crippen molar-refractivity contribution >= 4 is 69.2 Å². The minimum absolute atomic E-state index is 0.213. The topological polar surface area (TPSA) is 29.5 Å². The van der Waals surface area contributed by atoms with Gasteiger partial charge in [0, 0.05) is 10.6 Å². The second kappa shape index (κ2) is 8.44. The van der Waals surface area contributed by atoms with E-state index >= 15 is 0 Å². The van der Waals surface area contributed by atoms with Crippen LogP contribution in [0.3, 0.4) is 0 Å². The molecule has 26 heavy (non-hydrogen) atoms. The number of thiocarbonyl (C=S) groups is 1.